The first-order chi connectivity index (χ1) is 13.1. The predicted octanol–water partition coefficient (Wildman–Crippen LogP) is 3.04. The summed E-state index contributed by atoms with van der Waals surface area (Å²) in [7, 11) is 0. The lowest BCUT2D eigenvalue weighted by Gasteiger charge is -2.31. The van der Waals surface area contributed by atoms with Crippen LogP contribution in [0.15, 0.2) is 24.3 Å². The summed E-state index contributed by atoms with van der Waals surface area (Å²) in [5, 5.41) is 0.626. The van der Waals surface area contributed by atoms with Crippen LogP contribution >= 0.6 is 23.3 Å². The average Bonchev–Trinajstić information content (AvgIpc) is 3.15. The minimum absolute atomic E-state index is 0.151. The monoisotopic (exact) mass is 409 g/mol. The molecule has 27 heavy (non-hydrogen) atoms. The average molecular weight is 410 g/mol. The van der Waals surface area contributed by atoms with E-state index >= 15 is 0 Å². The number of ether oxygens (including phenoxy) is 2. The number of hydrogen-bond donors (Lipinski definition) is 0. The number of aromatic nitrogens is 2. The quantitative estimate of drug-likeness (QED) is 0.682. The molecule has 2 heterocycles. The molecule has 1 aromatic carbocycles. The summed E-state index contributed by atoms with van der Waals surface area (Å²) in [6, 6.07) is 7.16. The number of amides is 1. The van der Waals surface area contributed by atoms with Crippen LogP contribution in [-0.2, 0) is 14.3 Å². The number of hydrogen-bond acceptors (Lipinski definition) is 7. The molecule has 1 unspecified atom stereocenters. The van der Waals surface area contributed by atoms with Gasteiger partial charge in [0.1, 0.15) is 5.69 Å². The number of piperidine rings is 1. The van der Waals surface area contributed by atoms with Crippen LogP contribution in [0.2, 0.25) is 5.02 Å². The summed E-state index contributed by atoms with van der Waals surface area (Å²) in [6.45, 7) is 2.94. The van der Waals surface area contributed by atoms with Gasteiger partial charge in [-0.2, -0.15) is 4.37 Å². The molecule has 1 fully saturated rings. The van der Waals surface area contributed by atoms with Crippen molar-refractivity contribution in [3.63, 3.8) is 0 Å². The molecule has 0 saturated carbocycles. The normalized spacial score (nSPS) is 16.8. The van der Waals surface area contributed by atoms with Gasteiger partial charge in [0, 0.05) is 23.7 Å². The molecule has 1 aliphatic heterocycles. The highest BCUT2D eigenvalue weighted by molar-refractivity contribution is 6.99. The third kappa shape index (κ3) is 4.95. The molecule has 7 nitrogen and oxygen atoms in total. The first-order valence-corrected chi connectivity index (χ1v) is 9.85. The van der Waals surface area contributed by atoms with Crippen molar-refractivity contribution in [2.45, 2.75) is 19.8 Å². The zero-order valence-corrected chi connectivity index (χ0v) is 16.5. The molecule has 9 heteroatoms. The van der Waals surface area contributed by atoms with Crippen LogP contribution in [0.5, 0.6) is 5.88 Å². The van der Waals surface area contributed by atoms with Gasteiger partial charge in [-0.25, -0.2) is 0 Å². The standard InChI is InChI=1S/C18H20ClN3O4S/c1-2-25-18(24)13-4-3-9-22(10-13)15(23)11-26-17-16(20-27-21-17)12-5-7-14(19)8-6-12/h5-8,13H,2-4,9-11H2,1H3. The maximum Gasteiger partial charge on any atom is 0.310 e. The topological polar surface area (TPSA) is 81.6 Å². The highest BCUT2D eigenvalue weighted by Gasteiger charge is 2.29. The molecule has 0 aliphatic carbocycles. The Morgan fingerprint density at radius 2 is 2.07 bits per heavy atom. The first-order valence-electron chi connectivity index (χ1n) is 8.74. The zero-order chi connectivity index (χ0) is 19.2. The number of likely N-dealkylation sites (tertiary alicyclic amines) is 1. The van der Waals surface area contributed by atoms with Crippen LogP contribution < -0.4 is 4.74 Å². The van der Waals surface area contributed by atoms with Crippen molar-refractivity contribution in [3.05, 3.63) is 29.3 Å². The Balaban J connectivity index is 1.59. The van der Waals surface area contributed by atoms with Crippen LogP contribution in [0.4, 0.5) is 0 Å². The van der Waals surface area contributed by atoms with Gasteiger partial charge < -0.3 is 14.4 Å². The lowest BCUT2D eigenvalue weighted by molar-refractivity contribution is -0.151. The zero-order valence-electron chi connectivity index (χ0n) is 14.9. The summed E-state index contributed by atoms with van der Waals surface area (Å²) in [4.78, 5) is 26.1. The van der Waals surface area contributed by atoms with Gasteiger partial charge in [0.25, 0.3) is 11.8 Å². The van der Waals surface area contributed by atoms with Crippen molar-refractivity contribution in [3.8, 4) is 17.1 Å². The molecule has 0 bridgehead atoms. The lowest BCUT2D eigenvalue weighted by Crippen LogP contribution is -2.44. The van der Waals surface area contributed by atoms with Gasteiger partial charge in [-0.15, -0.1) is 4.37 Å². The van der Waals surface area contributed by atoms with Gasteiger partial charge in [-0.1, -0.05) is 23.7 Å². The van der Waals surface area contributed by atoms with E-state index in [9.17, 15) is 9.59 Å². The van der Waals surface area contributed by atoms with Crippen molar-refractivity contribution in [1.82, 2.24) is 13.6 Å². The first kappa shape index (κ1) is 19.6. The minimum Gasteiger partial charge on any atom is -0.466 e. The second kappa shape index (κ2) is 9.14. The van der Waals surface area contributed by atoms with Crippen molar-refractivity contribution in [1.29, 1.82) is 0 Å². The molecular formula is C18H20ClN3O4S. The van der Waals surface area contributed by atoms with Crippen molar-refractivity contribution in [2.24, 2.45) is 5.92 Å². The highest BCUT2D eigenvalue weighted by atomic mass is 35.5. The smallest absolute Gasteiger partial charge is 0.310 e. The molecule has 144 valence electrons. The molecule has 0 N–H and O–H groups in total. The summed E-state index contributed by atoms with van der Waals surface area (Å²) >= 11 is 6.93. The molecule has 0 radical (unpaired) electrons. The summed E-state index contributed by atoms with van der Waals surface area (Å²) in [5.74, 6) is -0.383. The fourth-order valence-electron chi connectivity index (χ4n) is 2.94. The summed E-state index contributed by atoms with van der Waals surface area (Å²) in [5.41, 5.74) is 1.39. The van der Waals surface area contributed by atoms with Crippen molar-refractivity contribution < 1.29 is 19.1 Å². The predicted molar refractivity (Wildman–Crippen MR) is 102 cm³/mol. The molecule has 1 amide bonds. The van der Waals surface area contributed by atoms with Gasteiger partial charge in [-0.3, -0.25) is 9.59 Å². The van der Waals surface area contributed by atoms with Crippen molar-refractivity contribution in [2.75, 3.05) is 26.3 Å². The maximum atomic E-state index is 12.5. The van der Waals surface area contributed by atoms with Gasteiger partial charge in [0.15, 0.2) is 6.61 Å². The number of rotatable bonds is 6. The van der Waals surface area contributed by atoms with Crippen LogP contribution in [0.3, 0.4) is 0 Å². The van der Waals surface area contributed by atoms with Crippen LogP contribution in [0.25, 0.3) is 11.3 Å². The van der Waals surface area contributed by atoms with Crippen molar-refractivity contribution >= 4 is 35.2 Å². The van der Waals surface area contributed by atoms with Gasteiger partial charge in [0.2, 0.25) is 0 Å². The van der Waals surface area contributed by atoms with Gasteiger partial charge in [0.05, 0.1) is 24.3 Å². The van der Waals surface area contributed by atoms with E-state index in [0.717, 1.165) is 30.1 Å². The van der Waals surface area contributed by atoms with E-state index in [4.69, 9.17) is 21.1 Å². The Hall–Kier alpha value is -2.19. The Labute approximate surface area is 166 Å². The molecular weight excluding hydrogens is 390 g/mol. The molecule has 1 atom stereocenters. The Morgan fingerprint density at radius 1 is 1.30 bits per heavy atom. The van der Waals surface area contributed by atoms with Crippen LogP contribution in [-0.4, -0.2) is 51.8 Å². The minimum atomic E-state index is -0.270. The van der Waals surface area contributed by atoms with E-state index in [1.807, 2.05) is 12.1 Å². The number of carbonyl (C=O) groups excluding carboxylic acids is 2. The molecule has 0 spiro atoms. The Bertz CT molecular complexity index is 796. The molecule has 1 aliphatic rings. The van der Waals surface area contributed by atoms with Crippen LogP contribution in [0.1, 0.15) is 19.8 Å². The van der Waals surface area contributed by atoms with E-state index in [1.54, 1.807) is 24.0 Å². The number of nitrogens with zero attached hydrogens (tertiary/aromatic N) is 3. The molecule has 2 aromatic rings. The summed E-state index contributed by atoms with van der Waals surface area (Å²) in [6.07, 6.45) is 1.50. The third-order valence-corrected chi connectivity index (χ3v) is 5.07. The highest BCUT2D eigenvalue weighted by Crippen LogP contribution is 2.29. The fourth-order valence-corrected chi connectivity index (χ4v) is 3.58. The fraction of sp³-hybridized carbons (Fsp3) is 0.444. The molecule has 1 aromatic heterocycles. The third-order valence-electron chi connectivity index (χ3n) is 4.30. The van der Waals surface area contributed by atoms with E-state index in [1.165, 1.54) is 0 Å². The molecule has 1 saturated heterocycles. The number of carbonyl (C=O) groups is 2. The Kier molecular flexibility index (Phi) is 6.63. The van der Waals surface area contributed by atoms with E-state index in [0.29, 0.717) is 36.3 Å². The number of benzene rings is 1. The van der Waals surface area contributed by atoms with Gasteiger partial charge >= 0.3 is 5.97 Å². The van der Waals surface area contributed by atoms with Gasteiger partial charge in [-0.05, 0) is 31.9 Å². The van der Waals surface area contributed by atoms with E-state index in [-0.39, 0.29) is 24.4 Å². The van der Waals surface area contributed by atoms with E-state index in [2.05, 4.69) is 8.75 Å². The second-order valence-electron chi connectivity index (χ2n) is 6.14. The maximum absolute atomic E-state index is 12.5. The number of esters is 1. The lowest BCUT2D eigenvalue weighted by atomic mass is 9.98. The summed E-state index contributed by atoms with van der Waals surface area (Å²) < 4.78 is 19.1. The largest absolute Gasteiger partial charge is 0.466 e. The number of halogens is 1. The van der Waals surface area contributed by atoms with Crippen LogP contribution in [0, 0.1) is 5.92 Å². The Morgan fingerprint density at radius 3 is 2.81 bits per heavy atom. The second-order valence-corrected chi connectivity index (χ2v) is 7.11. The SMILES string of the molecule is CCOC(=O)C1CCCN(C(=O)COc2nsnc2-c2ccc(Cl)cc2)C1. The van der Waals surface area contributed by atoms with E-state index < -0.39 is 0 Å². The molecule has 3 rings (SSSR count).